The van der Waals surface area contributed by atoms with E-state index in [1.807, 2.05) is 0 Å². The molecule has 2 aliphatic rings. The zero-order valence-corrected chi connectivity index (χ0v) is 55.6. The minimum absolute atomic E-state index is 0. The fourth-order valence-corrected chi connectivity index (χ4v) is 10.6. The molecule has 0 aliphatic carbocycles. The van der Waals surface area contributed by atoms with Crippen molar-refractivity contribution in [2.24, 2.45) is 10.8 Å². The molecular weight excluding hydrogens is 1170 g/mol. The third-order valence-corrected chi connectivity index (χ3v) is 17.2. The van der Waals surface area contributed by atoms with Gasteiger partial charge in [0.05, 0.1) is 36.9 Å². The topological polar surface area (TPSA) is 313 Å². The van der Waals surface area contributed by atoms with E-state index in [0.29, 0.717) is 12.8 Å². The van der Waals surface area contributed by atoms with Gasteiger partial charge in [-0.2, -0.15) is 0 Å². The first kappa shape index (κ1) is 82.3. The molecule has 0 bridgehead atoms. The van der Waals surface area contributed by atoms with Crippen LogP contribution in [0.15, 0.2) is 24.3 Å². The number of hydrogen-bond donors (Lipinski definition) is 2. The van der Waals surface area contributed by atoms with Crippen LogP contribution in [0.25, 0.3) is 0 Å². The maximum atomic E-state index is 12.2. The Morgan fingerprint density at radius 1 is 0.447 bits per heavy atom. The van der Waals surface area contributed by atoms with E-state index < -0.39 is 143 Å². The van der Waals surface area contributed by atoms with Crippen molar-refractivity contribution in [1.82, 2.24) is 0 Å². The van der Waals surface area contributed by atoms with Crippen LogP contribution in [-0.2, 0) is 77.4 Å². The Kier molecular flexibility index (Phi) is 49.5. The van der Waals surface area contributed by atoms with Crippen LogP contribution in [0.4, 0.5) is 0 Å². The summed E-state index contributed by atoms with van der Waals surface area (Å²) in [5.41, 5.74) is -2.90. The first-order chi connectivity index (χ1) is 40.3. The van der Waals surface area contributed by atoms with Gasteiger partial charge < -0.3 is 47.7 Å². The molecule has 2 saturated heterocycles. The first-order valence-corrected chi connectivity index (χ1v) is 34.6. The van der Waals surface area contributed by atoms with E-state index in [9.17, 15) is 64.9 Å². The van der Waals surface area contributed by atoms with Crippen molar-refractivity contribution in [3.8, 4) is 0 Å². The van der Waals surface area contributed by atoms with E-state index in [-0.39, 0.29) is 50.6 Å². The Bertz CT molecular complexity index is 1960. The molecular formula is C62H106CaO20S2. The van der Waals surface area contributed by atoms with Crippen molar-refractivity contribution in [3.05, 3.63) is 24.3 Å². The molecule has 0 aromatic rings. The maximum Gasteiger partial charge on any atom is 2.00 e. The van der Waals surface area contributed by atoms with E-state index in [2.05, 4.69) is 38.2 Å². The molecule has 2 heterocycles. The number of ether oxygens (including phenoxy) is 6. The van der Waals surface area contributed by atoms with Crippen LogP contribution in [0.5, 0.6) is 0 Å². The van der Waals surface area contributed by atoms with Gasteiger partial charge in [-0.3, -0.25) is 28.8 Å². The summed E-state index contributed by atoms with van der Waals surface area (Å²) in [6, 6.07) is 0. The van der Waals surface area contributed by atoms with Gasteiger partial charge in [0.25, 0.3) is 0 Å². The number of cyclic esters (lactones) is 4. The van der Waals surface area contributed by atoms with Crippen molar-refractivity contribution >= 4 is 93.8 Å². The van der Waals surface area contributed by atoms with Gasteiger partial charge in [0.15, 0.2) is 10.5 Å². The van der Waals surface area contributed by atoms with E-state index in [4.69, 9.17) is 28.4 Å². The molecule has 0 aromatic carbocycles. The molecule has 488 valence electrons. The van der Waals surface area contributed by atoms with E-state index >= 15 is 0 Å². The standard InChI is InChI=1S/2C31H54O10S.Ca/c2*1-2-3-4-5-6-7-8-9-10-11-12-13-14-15-16-17-18-19-20-21-28(33)39-24-31(23-32)25-40-29(34)22-27(42(36,37)38)30(35)41-26-31;/h2*9-10,27,32H,2-8,11-26H2,1H3,(H,36,37,38);/q;;+2/p-2/b2*10-9+;. The van der Waals surface area contributed by atoms with Crippen LogP contribution in [0.2, 0.25) is 0 Å². The second-order valence-electron chi connectivity index (χ2n) is 23.0. The molecule has 0 radical (unpaired) electrons. The molecule has 85 heavy (non-hydrogen) atoms. The average molecular weight is 1280 g/mol. The number of aliphatic hydroxyl groups is 2. The molecule has 0 amide bonds. The summed E-state index contributed by atoms with van der Waals surface area (Å²) in [6.45, 7) is 0.287. The Morgan fingerprint density at radius 3 is 0.953 bits per heavy atom. The number of unbranched alkanes of at least 4 members (excludes halogenated alkanes) is 30. The van der Waals surface area contributed by atoms with Crippen LogP contribution in [0.1, 0.15) is 258 Å². The Labute approximate surface area is 539 Å². The molecule has 0 spiro atoms. The maximum absolute atomic E-state index is 12.2. The fraction of sp³-hybridized carbons (Fsp3) is 0.839. The van der Waals surface area contributed by atoms with Crippen LogP contribution in [0.3, 0.4) is 0 Å². The SMILES string of the molecule is CCCCCCCC/C=C/CCCCCCCCCCCC(=O)OCC1(CO)COC(=O)CC(S(=O)(=O)[O-])C(=O)OC1.CCCCCCCC/C=C/CCCCCCCCCCCC(=O)OCC1(CO)COC(=O)CC(S(=O)(=O)[O-])C(=O)OC1.[Ca+2]. The van der Waals surface area contributed by atoms with Crippen LogP contribution in [-0.4, -0.2) is 173 Å². The van der Waals surface area contributed by atoms with Gasteiger partial charge in [-0.15, -0.1) is 0 Å². The molecule has 2 N–H and O–H groups in total. The number of carbonyl (C=O) groups excluding carboxylic acids is 6. The summed E-state index contributed by atoms with van der Waals surface area (Å²) < 4.78 is 97.9. The largest absolute Gasteiger partial charge is 2.00 e. The average Bonchev–Trinajstić information content (AvgIpc) is 3.90. The second kappa shape index (κ2) is 51.1. The number of hydrogen-bond acceptors (Lipinski definition) is 20. The first-order valence-electron chi connectivity index (χ1n) is 31.6. The second-order valence-corrected chi connectivity index (χ2v) is 26.2. The Balaban J connectivity index is 0.00000164. The Morgan fingerprint density at radius 2 is 0.694 bits per heavy atom. The van der Waals surface area contributed by atoms with Crippen LogP contribution >= 0.6 is 0 Å². The summed E-state index contributed by atoms with van der Waals surface area (Å²) in [7, 11) is -10.3. The van der Waals surface area contributed by atoms with Crippen molar-refractivity contribution in [2.75, 3.05) is 52.9 Å². The number of carbonyl (C=O) groups is 6. The van der Waals surface area contributed by atoms with E-state index in [0.717, 1.165) is 38.5 Å². The molecule has 2 fully saturated rings. The summed E-state index contributed by atoms with van der Waals surface area (Å²) in [6.07, 6.45) is 48.4. The zero-order chi connectivity index (χ0) is 62.2. The minimum Gasteiger partial charge on any atom is -0.747 e. The molecule has 23 heteroatoms. The van der Waals surface area contributed by atoms with Crippen LogP contribution in [0, 0.1) is 10.8 Å². The van der Waals surface area contributed by atoms with Crippen molar-refractivity contribution in [3.63, 3.8) is 0 Å². The normalized spacial score (nSPS) is 19.8. The van der Waals surface area contributed by atoms with Crippen molar-refractivity contribution in [2.45, 2.75) is 268 Å². The predicted octanol–water partition coefficient (Wildman–Crippen LogP) is 10.6. The van der Waals surface area contributed by atoms with Gasteiger partial charge in [-0.05, 0) is 64.2 Å². The summed E-state index contributed by atoms with van der Waals surface area (Å²) in [5, 5.41) is 15.2. The van der Waals surface area contributed by atoms with Crippen molar-refractivity contribution in [1.29, 1.82) is 0 Å². The number of rotatable bonds is 46. The Hall–Kier alpha value is -2.70. The van der Waals surface area contributed by atoms with Crippen LogP contribution < -0.4 is 0 Å². The summed E-state index contributed by atoms with van der Waals surface area (Å²) in [4.78, 5) is 72.3. The zero-order valence-electron chi connectivity index (χ0n) is 51.8. The molecule has 0 saturated carbocycles. The summed E-state index contributed by atoms with van der Waals surface area (Å²) >= 11 is 0. The van der Waals surface area contributed by atoms with E-state index in [1.165, 1.54) is 167 Å². The smallest absolute Gasteiger partial charge is 0.747 e. The molecule has 20 nitrogen and oxygen atoms in total. The third-order valence-electron chi connectivity index (χ3n) is 15.1. The molecule has 0 aromatic heterocycles. The number of allylic oxidation sites excluding steroid dienone is 4. The molecule has 4 atom stereocenters. The van der Waals surface area contributed by atoms with E-state index in [1.54, 1.807) is 0 Å². The molecule has 2 aliphatic heterocycles. The molecule has 4 unspecified atom stereocenters. The number of aliphatic hydroxyl groups excluding tert-OH is 2. The van der Waals surface area contributed by atoms with Gasteiger partial charge in [-0.25, -0.2) is 16.8 Å². The summed E-state index contributed by atoms with van der Waals surface area (Å²) in [5.74, 6) is -6.01. The molecule has 2 rings (SSSR count). The predicted molar refractivity (Wildman–Crippen MR) is 323 cm³/mol. The van der Waals surface area contributed by atoms with Gasteiger partial charge in [0, 0.05) is 12.8 Å². The van der Waals surface area contributed by atoms with Gasteiger partial charge in [0.1, 0.15) is 59.9 Å². The monoisotopic (exact) mass is 1270 g/mol. The quantitative estimate of drug-likeness (QED) is 0.0143. The number of esters is 6. The van der Waals surface area contributed by atoms with Gasteiger partial charge in [-0.1, -0.05) is 192 Å². The minimum atomic E-state index is -5.14. The van der Waals surface area contributed by atoms with Crippen molar-refractivity contribution < 1.29 is 93.3 Å². The third kappa shape index (κ3) is 42.8. The van der Waals surface area contributed by atoms with Gasteiger partial charge >= 0.3 is 73.6 Å². The fourth-order valence-electron chi connectivity index (χ4n) is 9.36. The van der Waals surface area contributed by atoms with Gasteiger partial charge in [0.2, 0.25) is 0 Å².